The van der Waals surface area contributed by atoms with Gasteiger partial charge >= 0.3 is 6.03 Å². The third-order valence-corrected chi connectivity index (χ3v) is 5.32. The summed E-state index contributed by atoms with van der Waals surface area (Å²) in [6.45, 7) is 2.97. The largest absolute Gasteiger partial charge is 0.376 e. The maximum Gasteiger partial charge on any atom is 0.317 e. The van der Waals surface area contributed by atoms with Crippen molar-refractivity contribution in [3.8, 4) is 0 Å². The number of aromatic nitrogens is 2. The molecule has 0 bridgehead atoms. The van der Waals surface area contributed by atoms with E-state index in [9.17, 15) is 4.79 Å². The quantitative estimate of drug-likeness (QED) is 0.898. The molecule has 2 amide bonds. The van der Waals surface area contributed by atoms with E-state index in [0.29, 0.717) is 38.8 Å². The standard InChI is InChI=1S/C20H25N5O2/c1-24(2)18-21-11-16-12-27-14-20(17(16)23-18)8-9-25(13-20)19(26)22-10-15-6-4-3-5-7-15/h3-7,11H,8-10,12-14H2,1-2H3,(H,22,26)/t20-/m0/s1. The Bertz CT molecular complexity index is 826. The van der Waals surface area contributed by atoms with Gasteiger partial charge in [-0.3, -0.25) is 0 Å². The van der Waals surface area contributed by atoms with E-state index in [1.54, 1.807) is 0 Å². The number of amides is 2. The molecule has 7 nitrogen and oxygen atoms in total. The van der Waals surface area contributed by atoms with Crippen molar-refractivity contribution in [2.45, 2.75) is 25.0 Å². The van der Waals surface area contributed by atoms with Crippen LogP contribution in [0.25, 0.3) is 0 Å². The van der Waals surface area contributed by atoms with Crippen molar-refractivity contribution >= 4 is 12.0 Å². The lowest BCUT2D eigenvalue weighted by molar-refractivity contribution is 0.0518. The summed E-state index contributed by atoms with van der Waals surface area (Å²) in [7, 11) is 3.87. The average Bonchev–Trinajstić information content (AvgIpc) is 3.12. The molecule has 142 valence electrons. The van der Waals surface area contributed by atoms with Crippen LogP contribution in [-0.4, -0.2) is 54.7 Å². The van der Waals surface area contributed by atoms with Crippen molar-refractivity contribution in [2.75, 3.05) is 38.7 Å². The Morgan fingerprint density at radius 1 is 1.33 bits per heavy atom. The van der Waals surface area contributed by atoms with Crippen LogP contribution in [0.4, 0.5) is 10.7 Å². The molecule has 1 aromatic carbocycles. The number of nitrogens with one attached hydrogen (secondary N) is 1. The van der Waals surface area contributed by atoms with E-state index in [1.165, 1.54) is 0 Å². The van der Waals surface area contributed by atoms with Crippen LogP contribution in [0.3, 0.4) is 0 Å². The molecular formula is C20H25N5O2. The van der Waals surface area contributed by atoms with E-state index in [0.717, 1.165) is 23.2 Å². The molecule has 2 aliphatic rings. The minimum Gasteiger partial charge on any atom is -0.376 e. The van der Waals surface area contributed by atoms with Crippen molar-refractivity contribution in [3.63, 3.8) is 0 Å². The van der Waals surface area contributed by atoms with Crippen LogP contribution in [0, 0.1) is 0 Å². The van der Waals surface area contributed by atoms with Gasteiger partial charge in [-0.1, -0.05) is 30.3 Å². The fraction of sp³-hybridized carbons (Fsp3) is 0.450. The molecular weight excluding hydrogens is 342 g/mol. The van der Waals surface area contributed by atoms with Crippen molar-refractivity contribution in [3.05, 3.63) is 53.3 Å². The van der Waals surface area contributed by atoms with Crippen LogP contribution in [-0.2, 0) is 23.3 Å². The first-order chi connectivity index (χ1) is 13.1. The molecule has 0 unspecified atom stereocenters. The van der Waals surface area contributed by atoms with Crippen molar-refractivity contribution < 1.29 is 9.53 Å². The summed E-state index contributed by atoms with van der Waals surface area (Å²) in [5.74, 6) is 0.696. The van der Waals surface area contributed by atoms with Gasteiger partial charge in [0.15, 0.2) is 0 Å². The number of carbonyl (C=O) groups excluding carboxylic acids is 1. The summed E-state index contributed by atoms with van der Waals surface area (Å²) in [6.07, 6.45) is 2.71. The number of hydrogen-bond acceptors (Lipinski definition) is 5. The number of carbonyl (C=O) groups is 1. The zero-order valence-corrected chi connectivity index (χ0v) is 15.8. The SMILES string of the molecule is CN(C)c1ncc2c(n1)[C@]1(CCN(C(=O)NCc3ccccc3)C1)COC2. The second-order valence-corrected chi connectivity index (χ2v) is 7.53. The van der Waals surface area contributed by atoms with Crippen molar-refractivity contribution in [1.29, 1.82) is 0 Å². The van der Waals surface area contributed by atoms with Crippen LogP contribution < -0.4 is 10.2 Å². The molecule has 2 aromatic rings. The lowest BCUT2D eigenvalue weighted by Crippen LogP contribution is -2.44. The number of anilines is 1. The van der Waals surface area contributed by atoms with E-state index in [4.69, 9.17) is 9.72 Å². The fourth-order valence-corrected chi connectivity index (χ4v) is 3.84. The highest BCUT2D eigenvalue weighted by atomic mass is 16.5. The molecule has 0 aliphatic carbocycles. The second-order valence-electron chi connectivity index (χ2n) is 7.53. The molecule has 4 rings (SSSR count). The summed E-state index contributed by atoms with van der Waals surface area (Å²) < 4.78 is 5.84. The summed E-state index contributed by atoms with van der Waals surface area (Å²) in [6, 6.07) is 9.91. The maximum absolute atomic E-state index is 12.7. The molecule has 1 aromatic heterocycles. The molecule has 1 fully saturated rings. The maximum atomic E-state index is 12.7. The summed E-state index contributed by atoms with van der Waals surface area (Å²) in [4.78, 5) is 25.7. The van der Waals surface area contributed by atoms with E-state index in [2.05, 4.69) is 10.3 Å². The Morgan fingerprint density at radius 3 is 2.93 bits per heavy atom. The zero-order chi connectivity index (χ0) is 18.9. The Hall–Kier alpha value is -2.67. The highest BCUT2D eigenvalue weighted by molar-refractivity contribution is 5.74. The Kier molecular flexibility index (Phi) is 4.70. The minimum atomic E-state index is -0.245. The predicted molar refractivity (Wildman–Crippen MR) is 103 cm³/mol. The van der Waals surface area contributed by atoms with Gasteiger partial charge in [-0.15, -0.1) is 0 Å². The topological polar surface area (TPSA) is 70.6 Å². The first-order valence-electron chi connectivity index (χ1n) is 9.26. The Morgan fingerprint density at radius 2 is 2.15 bits per heavy atom. The Labute approximate surface area is 159 Å². The number of ether oxygens (including phenoxy) is 1. The summed E-state index contributed by atoms with van der Waals surface area (Å²) >= 11 is 0. The van der Waals surface area contributed by atoms with E-state index < -0.39 is 0 Å². The molecule has 2 aliphatic heterocycles. The lowest BCUT2D eigenvalue weighted by atomic mass is 9.80. The lowest BCUT2D eigenvalue weighted by Gasteiger charge is -2.34. The van der Waals surface area contributed by atoms with Crippen LogP contribution in [0.5, 0.6) is 0 Å². The first-order valence-corrected chi connectivity index (χ1v) is 9.26. The number of urea groups is 1. The zero-order valence-electron chi connectivity index (χ0n) is 15.8. The van der Waals surface area contributed by atoms with Crippen molar-refractivity contribution in [1.82, 2.24) is 20.2 Å². The normalized spacial score (nSPS) is 21.2. The number of fused-ring (bicyclic) bond motifs is 2. The van der Waals surface area contributed by atoms with E-state index >= 15 is 0 Å². The van der Waals surface area contributed by atoms with Crippen LogP contribution in [0.1, 0.15) is 23.2 Å². The number of rotatable bonds is 3. The smallest absolute Gasteiger partial charge is 0.317 e. The van der Waals surface area contributed by atoms with Gasteiger partial charge in [0.1, 0.15) is 0 Å². The van der Waals surface area contributed by atoms with Gasteiger partial charge in [0.05, 0.1) is 24.3 Å². The van der Waals surface area contributed by atoms with E-state index in [1.807, 2.05) is 60.4 Å². The highest BCUT2D eigenvalue weighted by Gasteiger charge is 2.46. The minimum absolute atomic E-state index is 0.0373. The molecule has 0 radical (unpaired) electrons. The van der Waals surface area contributed by atoms with Gasteiger partial charge in [0.25, 0.3) is 0 Å². The molecule has 27 heavy (non-hydrogen) atoms. The monoisotopic (exact) mass is 367 g/mol. The van der Waals surface area contributed by atoms with E-state index in [-0.39, 0.29) is 11.4 Å². The highest BCUT2D eigenvalue weighted by Crippen LogP contribution is 2.39. The fourth-order valence-electron chi connectivity index (χ4n) is 3.84. The summed E-state index contributed by atoms with van der Waals surface area (Å²) in [5.41, 5.74) is 2.91. The van der Waals surface area contributed by atoms with Gasteiger partial charge in [0.2, 0.25) is 5.95 Å². The molecule has 1 saturated heterocycles. The molecule has 1 N–H and O–H groups in total. The van der Waals surface area contributed by atoms with Crippen molar-refractivity contribution in [2.24, 2.45) is 0 Å². The van der Waals surface area contributed by atoms with Gasteiger partial charge in [-0.25, -0.2) is 14.8 Å². The van der Waals surface area contributed by atoms with Crippen LogP contribution >= 0.6 is 0 Å². The van der Waals surface area contributed by atoms with Gasteiger partial charge in [0, 0.05) is 45.5 Å². The molecule has 7 heteroatoms. The van der Waals surface area contributed by atoms with Gasteiger partial charge in [-0.05, 0) is 12.0 Å². The third kappa shape index (κ3) is 3.47. The predicted octanol–water partition coefficient (Wildman–Crippen LogP) is 1.93. The number of hydrogen-bond donors (Lipinski definition) is 1. The second kappa shape index (κ2) is 7.15. The number of likely N-dealkylation sites (tertiary alicyclic amines) is 1. The molecule has 1 atom stereocenters. The first kappa shape index (κ1) is 17.7. The van der Waals surface area contributed by atoms with Crippen LogP contribution in [0.2, 0.25) is 0 Å². The van der Waals surface area contributed by atoms with Crippen LogP contribution in [0.15, 0.2) is 36.5 Å². The number of nitrogens with zero attached hydrogens (tertiary/aromatic N) is 4. The molecule has 0 saturated carbocycles. The number of benzene rings is 1. The Balaban J connectivity index is 1.49. The average molecular weight is 367 g/mol. The summed E-state index contributed by atoms with van der Waals surface area (Å²) in [5, 5.41) is 3.02. The van der Waals surface area contributed by atoms with Gasteiger partial charge < -0.3 is 19.9 Å². The molecule has 1 spiro atoms. The third-order valence-electron chi connectivity index (χ3n) is 5.32. The molecule has 3 heterocycles. The van der Waals surface area contributed by atoms with Gasteiger partial charge in [-0.2, -0.15) is 0 Å².